The lowest BCUT2D eigenvalue weighted by Gasteiger charge is -2.26. The molecule has 3 rings (SSSR count). The minimum absolute atomic E-state index is 0.258. The van der Waals surface area contributed by atoms with E-state index in [2.05, 4.69) is 9.80 Å². The smallest absolute Gasteiger partial charge is 0.161 e. The quantitative estimate of drug-likeness (QED) is 0.554. The molecule has 0 bridgehead atoms. The van der Waals surface area contributed by atoms with Gasteiger partial charge in [-0.1, -0.05) is 24.3 Å². The number of rotatable bonds is 12. The van der Waals surface area contributed by atoms with E-state index < -0.39 is 6.10 Å². The zero-order chi connectivity index (χ0) is 21.9. The number of nitrogens with zero attached hydrogens (tertiary/aromatic N) is 2. The molecular formula is C24H34N2O5. The van der Waals surface area contributed by atoms with E-state index >= 15 is 0 Å². The molecule has 170 valence electrons. The summed E-state index contributed by atoms with van der Waals surface area (Å²) in [6, 6.07) is 15.5. The number of para-hydroxylation sites is 1. The third-order valence-electron chi connectivity index (χ3n) is 5.16. The SMILES string of the molecule is COc1cc(CN(C)C[C@@H](O)COc2ccccc2)ccc1OCCN1CCOCC1. The van der Waals surface area contributed by atoms with Gasteiger partial charge in [-0.3, -0.25) is 9.80 Å². The summed E-state index contributed by atoms with van der Waals surface area (Å²) in [5, 5.41) is 10.3. The molecule has 7 nitrogen and oxygen atoms in total. The van der Waals surface area contributed by atoms with E-state index in [-0.39, 0.29) is 6.61 Å². The fourth-order valence-corrected chi connectivity index (χ4v) is 3.54. The van der Waals surface area contributed by atoms with Gasteiger partial charge in [0.2, 0.25) is 0 Å². The highest BCUT2D eigenvalue weighted by molar-refractivity contribution is 5.43. The predicted octanol–water partition coefficient (Wildman–Crippen LogP) is 2.28. The molecule has 31 heavy (non-hydrogen) atoms. The monoisotopic (exact) mass is 430 g/mol. The van der Waals surface area contributed by atoms with E-state index in [1.807, 2.05) is 55.6 Å². The molecule has 0 saturated carbocycles. The van der Waals surface area contributed by atoms with Crippen LogP contribution in [0.5, 0.6) is 17.2 Å². The summed E-state index contributed by atoms with van der Waals surface area (Å²) in [4.78, 5) is 4.40. The van der Waals surface area contributed by atoms with Gasteiger partial charge in [-0.05, 0) is 36.9 Å². The molecule has 7 heteroatoms. The zero-order valence-electron chi connectivity index (χ0n) is 18.5. The molecule has 0 amide bonds. The highest BCUT2D eigenvalue weighted by Crippen LogP contribution is 2.28. The Kier molecular flexibility index (Phi) is 9.42. The topological polar surface area (TPSA) is 63.6 Å². The Morgan fingerprint density at radius 3 is 2.58 bits per heavy atom. The molecule has 0 unspecified atom stereocenters. The maximum absolute atomic E-state index is 10.3. The summed E-state index contributed by atoms with van der Waals surface area (Å²) < 4.78 is 22.5. The fraction of sp³-hybridized carbons (Fsp3) is 0.500. The maximum atomic E-state index is 10.3. The van der Waals surface area contributed by atoms with Crippen molar-refractivity contribution >= 4 is 0 Å². The maximum Gasteiger partial charge on any atom is 0.161 e. The van der Waals surface area contributed by atoms with Crippen LogP contribution in [0.25, 0.3) is 0 Å². The first kappa shape index (κ1) is 23.3. The normalized spacial score (nSPS) is 15.6. The lowest BCUT2D eigenvalue weighted by Crippen LogP contribution is -2.38. The molecule has 1 aliphatic rings. The summed E-state index contributed by atoms with van der Waals surface area (Å²) in [6.07, 6.45) is -0.574. The molecule has 0 radical (unpaired) electrons. The third-order valence-corrected chi connectivity index (χ3v) is 5.16. The first-order valence-corrected chi connectivity index (χ1v) is 10.8. The van der Waals surface area contributed by atoms with Gasteiger partial charge >= 0.3 is 0 Å². The van der Waals surface area contributed by atoms with Crippen LogP contribution in [0.1, 0.15) is 5.56 Å². The standard InChI is InChI=1S/C24H34N2O5/c1-25(18-21(27)19-31-22-6-4-3-5-7-22)17-20-8-9-23(24(16-20)28-2)30-15-12-26-10-13-29-14-11-26/h3-9,16,21,27H,10-15,17-19H2,1-2H3/t21-/m1/s1. The van der Waals surface area contributed by atoms with Crippen LogP contribution in [0.15, 0.2) is 48.5 Å². The first-order valence-electron chi connectivity index (χ1n) is 10.8. The second-order valence-electron chi connectivity index (χ2n) is 7.76. The Hall–Kier alpha value is -2.32. The molecule has 1 fully saturated rings. The molecule has 1 saturated heterocycles. The summed E-state index contributed by atoms with van der Waals surface area (Å²) >= 11 is 0. The molecule has 1 heterocycles. The number of aliphatic hydroxyl groups is 1. The van der Waals surface area contributed by atoms with Crippen molar-refractivity contribution in [2.75, 3.05) is 66.8 Å². The van der Waals surface area contributed by atoms with Gasteiger partial charge < -0.3 is 24.1 Å². The average Bonchev–Trinajstić information content (AvgIpc) is 2.80. The number of aliphatic hydroxyl groups excluding tert-OH is 1. The van der Waals surface area contributed by atoms with Gasteiger partial charge in [-0.15, -0.1) is 0 Å². The Morgan fingerprint density at radius 2 is 1.84 bits per heavy atom. The van der Waals surface area contributed by atoms with Crippen LogP contribution < -0.4 is 14.2 Å². The lowest BCUT2D eigenvalue weighted by molar-refractivity contribution is 0.0321. The number of hydrogen-bond acceptors (Lipinski definition) is 7. The fourth-order valence-electron chi connectivity index (χ4n) is 3.54. The first-order chi connectivity index (χ1) is 15.1. The van der Waals surface area contributed by atoms with Crippen molar-refractivity contribution in [3.8, 4) is 17.2 Å². The third kappa shape index (κ3) is 8.03. The summed E-state index contributed by atoms with van der Waals surface area (Å²) in [7, 11) is 3.63. The highest BCUT2D eigenvalue weighted by atomic mass is 16.5. The second kappa shape index (κ2) is 12.5. The molecule has 2 aromatic carbocycles. The van der Waals surface area contributed by atoms with Gasteiger partial charge in [0.15, 0.2) is 11.5 Å². The second-order valence-corrected chi connectivity index (χ2v) is 7.76. The van der Waals surface area contributed by atoms with Crippen LogP contribution >= 0.6 is 0 Å². The summed E-state index contributed by atoms with van der Waals surface area (Å²) in [5.74, 6) is 2.23. The Labute approximate surface area is 185 Å². The summed E-state index contributed by atoms with van der Waals surface area (Å²) in [5.41, 5.74) is 1.09. The van der Waals surface area contributed by atoms with E-state index in [1.54, 1.807) is 7.11 Å². The minimum atomic E-state index is -0.574. The molecular weight excluding hydrogens is 396 g/mol. The van der Waals surface area contributed by atoms with Crippen molar-refractivity contribution in [2.24, 2.45) is 0 Å². The molecule has 1 aliphatic heterocycles. The van der Waals surface area contributed by atoms with E-state index in [0.29, 0.717) is 19.7 Å². The average molecular weight is 431 g/mol. The van der Waals surface area contributed by atoms with E-state index in [9.17, 15) is 5.11 Å². The van der Waals surface area contributed by atoms with Gasteiger partial charge in [0.1, 0.15) is 25.1 Å². The van der Waals surface area contributed by atoms with E-state index in [4.69, 9.17) is 18.9 Å². The van der Waals surface area contributed by atoms with Crippen molar-refractivity contribution < 1.29 is 24.1 Å². The molecule has 1 atom stereocenters. The predicted molar refractivity (Wildman–Crippen MR) is 120 cm³/mol. The highest BCUT2D eigenvalue weighted by Gasteiger charge is 2.13. The van der Waals surface area contributed by atoms with Gasteiger partial charge in [0.25, 0.3) is 0 Å². The van der Waals surface area contributed by atoms with Crippen molar-refractivity contribution in [2.45, 2.75) is 12.6 Å². The van der Waals surface area contributed by atoms with Crippen LogP contribution in [-0.4, -0.2) is 87.8 Å². The Bertz CT molecular complexity index is 768. The van der Waals surface area contributed by atoms with Crippen LogP contribution in [0, 0.1) is 0 Å². The van der Waals surface area contributed by atoms with Crippen LogP contribution in [0.4, 0.5) is 0 Å². The van der Waals surface area contributed by atoms with Crippen molar-refractivity contribution in [3.63, 3.8) is 0 Å². The number of benzene rings is 2. The van der Waals surface area contributed by atoms with Crippen LogP contribution in [0.2, 0.25) is 0 Å². The largest absolute Gasteiger partial charge is 0.493 e. The molecule has 1 N–H and O–H groups in total. The van der Waals surface area contributed by atoms with Gasteiger partial charge in [0.05, 0.1) is 20.3 Å². The lowest BCUT2D eigenvalue weighted by atomic mass is 10.2. The Morgan fingerprint density at radius 1 is 1.06 bits per heavy atom. The van der Waals surface area contributed by atoms with E-state index in [0.717, 1.165) is 55.7 Å². The molecule has 0 aromatic heterocycles. The molecule has 2 aromatic rings. The van der Waals surface area contributed by atoms with Gasteiger partial charge in [-0.25, -0.2) is 0 Å². The van der Waals surface area contributed by atoms with Crippen LogP contribution in [-0.2, 0) is 11.3 Å². The number of ether oxygens (including phenoxy) is 4. The number of hydrogen-bond donors (Lipinski definition) is 1. The summed E-state index contributed by atoms with van der Waals surface area (Å²) in [6.45, 7) is 6.43. The van der Waals surface area contributed by atoms with Gasteiger partial charge in [0, 0.05) is 32.7 Å². The molecule has 0 aliphatic carbocycles. The van der Waals surface area contributed by atoms with Crippen molar-refractivity contribution in [3.05, 3.63) is 54.1 Å². The van der Waals surface area contributed by atoms with Crippen LogP contribution in [0.3, 0.4) is 0 Å². The van der Waals surface area contributed by atoms with Crippen molar-refractivity contribution in [1.82, 2.24) is 9.80 Å². The van der Waals surface area contributed by atoms with Crippen molar-refractivity contribution in [1.29, 1.82) is 0 Å². The minimum Gasteiger partial charge on any atom is -0.493 e. The van der Waals surface area contributed by atoms with E-state index in [1.165, 1.54) is 0 Å². The van der Waals surface area contributed by atoms with Gasteiger partial charge in [-0.2, -0.15) is 0 Å². The Balaban J connectivity index is 1.43. The zero-order valence-corrected chi connectivity index (χ0v) is 18.5. The number of methoxy groups -OCH3 is 1. The molecule has 0 spiro atoms. The number of morpholine rings is 1. The number of likely N-dealkylation sites (N-methyl/N-ethyl adjacent to an activating group) is 1.